The summed E-state index contributed by atoms with van der Waals surface area (Å²) in [6.07, 6.45) is 1.34. The van der Waals surface area contributed by atoms with E-state index in [0.717, 1.165) is 0 Å². The Morgan fingerprint density at radius 3 is 2.62 bits per heavy atom. The van der Waals surface area contributed by atoms with Crippen molar-refractivity contribution >= 4 is 5.91 Å². The van der Waals surface area contributed by atoms with E-state index >= 15 is 0 Å². The predicted molar refractivity (Wildman–Crippen MR) is 60.9 cm³/mol. The molecule has 1 heterocycles. The summed E-state index contributed by atoms with van der Waals surface area (Å²) in [7, 11) is 1.73. The zero-order valence-electron chi connectivity index (χ0n) is 10.1. The fourth-order valence-corrected chi connectivity index (χ4v) is 1.81. The average Bonchev–Trinajstić information content (AvgIpc) is 2.25. The van der Waals surface area contributed by atoms with Crippen LogP contribution in [0, 0.1) is 0 Å². The molecule has 1 unspecified atom stereocenters. The van der Waals surface area contributed by atoms with Gasteiger partial charge in [0.1, 0.15) is 0 Å². The van der Waals surface area contributed by atoms with Gasteiger partial charge in [0.15, 0.2) is 0 Å². The number of rotatable bonds is 4. The predicted octanol–water partition coefficient (Wildman–Crippen LogP) is -0.276. The highest BCUT2D eigenvalue weighted by atomic mass is 16.5. The summed E-state index contributed by atoms with van der Waals surface area (Å²) in [5.41, 5.74) is 5.30. The van der Waals surface area contributed by atoms with Gasteiger partial charge in [0, 0.05) is 26.8 Å². The first kappa shape index (κ1) is 13.4. The molecule has 0 aromatic rings. The Labute approximate surface area is 96.6 Å². The SMILES string of the molecule is CC(O)CCN(C)C(=O)C1(N)CCOCC1. The van der Waals surface area contributed by atoms with Crippen LogP contribution in [-0.2, 0) is 9.53 Å². The Bertz CT molecular complexity index is 237. The van der Waals surface area contributed by atoms with Gasteiger partial charge in [0.25, 0.3) is 0 Å². The summed E-state index contributed by atoms with van der Waals surface area (Å²) in [6, 6.07) is 0. The Morgan fingerprint density at radius 1 is 1.56 bits per heavy atom. The van der Waals surface area contributed by atoms with Crippen LogP contribution in [0.2, 0.25) is 0 Å². The third-order valence-electron chi connectivity index (χ3n) is 3.04. The van der Waals surface area contributed by atoms with Gasteiger partial charge in [-0.1, -0.05) is 0 Å². The van der Waals surface area contributed by atoms with E-state index in [1.807, 2.05) is 0 Å². The van der Waals surface area contributed by atoms with Gasteiger partial charge in [-0.3, -0.25) is 4.79 Å². The molecule has 0 bridgehead atoms. The summed E-state index contributed by atoms with van der Waals surface area (Å²) in [5.74, 6) is -0.0450. The number of carbonyl (C=O) groups is 1. The molecule has 94 valence electrons. The maximum absolute atomic E-state index is 12.1. The van der Waals surface area contributed by atoms with Gasteiger partial charge in [0.2, 0.25) is 5.91 Å². The van der Waals surface area contributed by atoms with Crippen molar-refractivity contribution in [1.29, 1.82) is 0 Å². The molecule has 0 aromatic heterocycles. The molecule has 5 nitrogen and oxygen atoms in total. The zero-order chi connectivity index (χ0) is 12.2. The van der Waals surface area contributed by atoms with Gasteiger partial charge >= 0.3 is 0 Å². The average molecular weight is 230 g/mol. The molecule has 1 saturated heterocycles. The number of hydrogen-bond donors (Lipinski definition) is 2. The quantitative estimate of drug-likeness (QED) is 0.696. The molecular formula is C11H22N2O3. The monoisotopic (exact) mass is 230 g/mol. The second-order valence-corrected chi connectivity index (χ2v) is 4.63. The lowest BCUT2D eigenvalue weighted by Crippen LogP contribution is -2.57. The Kier molecular flexibility index (Phi) is 4.70. The van der Waals surface area contributed by atoms with Crippen LogP contribution in [0.4, 0.5) is 0 Å². The van der Waals surface area contributed by atoms with Crippen molar-refractivity contribution in [2.45, 2.75) is 37.8 Å². The highest BCUT2D eigenvalue weighted by Gasteiger charge is 2.37. The number of ether oxygens (including phenoxy) is 1. The van der Waals surface area contributed by atoms with Crippen molar-refractivity contribution in [3.8, 4) is 0 Å². The highest BCUT2D eigenvalue weighted by Crippen LogP contribution is 2.20. The molecule has 16 heavy (non-hydrogen) atoms. The number of aliphatic hydroxyl groups is 1. The van der Waals surface area contributed by atoms with Gasteiger partial charge in [-0.25, -0.2) is 0 Å². The number of nitrogens with zero attached hydrogens (tertiary/aromatic N) is 1. The summed E-state index contributed by atoms with van der Waals surface area (Å²) in [5, 5.41) is 9.17. The third kappa shape index (κ3) is 3.43. The van der Waals surface area contributed by atoms with Crippen molar-refractivity contribution in [2.75, 3.05) is 26.8 Å². The van der Waals surface area contributed by atoms with E-state index in [1.165, 1.54) is 0 Å². The maximum atomic E-state index is 12.1. The smallest absolute Gasteiger partial charge is 0.242 e. The number of carbonyl (C=O) groups excluding carboxylic acids is 1. The second kappa shape index (κ2) is 5.61. The summed E-state index contributed by atoms with van der Waals surface area (Å²) >= 11 is 0. The van der Waals surface area contributed by atoms with Crippen LogP contribution in [0.15, 0.2) is 0 Å². The molecule has 1 rings (SSSR count). The molecule has 3 N–H and O–H groups in total. The molecule has 5 heteroatoms. The Balaban J connectivity index is 2.48. The third-order valence-corrected chi connectivity index (χ3v) is 3.04. The normalized spacial score (nSPS) is 21.5. The highest BCUT2D eigenvalue weighted by molar-refractivity contribution is 5.86. The first-order valence-corrected chi connectivity index (χ1v) is 5.76. The summed E-state index contributed by atoms with van der Waals surface area (Å²) < 4.78 is 5.20. The van der Waals surface area contributed by atoms with Crippen molar-refractivity contribution in [2.24, 2.45) is 5.73 Å². The molecule has 0 aliphatic carbocycles. The van der Waals surface area contributed by atoms with Crippen LogP contribution in [-0.4, -0.2) is 54.4 Å². The van der Waals surface area contributed by atoms with E-state index in [9.17, 15) is 4.79 Å². The summed E-state index contributed by atoms with van der Waals surface area (Å²) in [4.78, 5) is 13.7. The molecule has 0 aromatic carbocycles. The van der Waals surface area contributed by atoms with Gasteiger partial charge in [-0.2, -0.15) is 0 Å². The fraction of sp³-hybridized carbons (Fsp3) is 0.909. The van der Waals surface area contributed by atoms with Gasteiger partial charge in [-0.15, -0.1) is 0 Å². The molecular weight excluding hydrogens is 208 g/mol. The lowest BCUT2D eigenvalue weighted by Gasteiger charge is -2.35. The fourth-order valence-electron chi connectivity index (χ4n) is 1.81. The van der Waals surface area contributed by atoms with E-state index in [-0.39, 0.29) is 5.91 Å². The minimum absolute atomic E-state index is 0.0450. The number of hydrogen-bond acceptors (Lipinski definition) is 4. The van der Waals surface area contributed by atoms with Gasteiger partial charge < -0.3 is 20.5 Å². The lowest BCUT2D eigenvalue weighted by molar-refractivity contribution is -0.139. The van der Waals surface area contributed by atoms with Crippen LogP contribution in [0.3, 0.4) is 0 Å². The van der Waals surface area contributed by atoms with Crippen LogP contribution in [0.5, 0.6) is 0 Å². The molecule has 1 aliphatic rings. The van der Waals surface area contributed by atoms with Crippen molar-refractivity contribution < 1.29 is 14.6 Å². The first-order chi connectivity index (χ1) is 7.46. The Hall–Kier alpha value is -0.650. The largest absolute Gasteiger partial charge is 0.393 e. The van der Waals surface area contributed by atoms with Gasteiger partial charge in [-0.05, 0) is 26.2 Å². The van der Waals surface area contributed by atoms with Gasteiger partial charge in [0.05, 0.1) is 11.6 Å². The van der Waals surface area contributed by atoms with Crippen molar-refractivity contribution in [3.63, 3.8) is 0 Å². The van der Waals surface area contributed by atoms with Crippen LogP contribution in [0.25, 0.3) is 0 Å². The standard InChI is InChI=1S/C11H22N2O3/c1-9(14)3-6-13(2)10(15)11(12)4-7-16-8-5-11/h9,14H,3-8,12H2,1-2H3. The Morgan fingerprint density at radius 2 is 2.12 bits per heavy atom. The molecule has 0 saturated carbocycles. The minimum Gasteiger partial charge on any atom is -0.393 e. The number of aliphatic hydroxyl groups excluding tert-OH is 1. The van der Waals surface area contributed by atoms with Crippen molar-refractivity contribution in [1.82, 2.24) is 4.90 Å². The second-order valence-electron chi connectivity index (χ2n) is 4.63. The van der Waals surface area contributed by atoms with Crippen molar-refractivity contribution in [3.05, 3.63) is 0 Å². The number of amides is 1. The first-order valence-electron chi connectivity index (χ1n) is 5.76. The lowest BCUT2D eigenvalue weighted by atomic mass is 9.90. The topological polar surface area (TPSA) is 75.8 Å². The zero-order valence-corrected chi connectivity index (χ0v) is 10.1. The van der Waals surface area contributed by atoms with Crippen LogP contribution in [0.1, 0.15) is 26.2 Å². The minimum atomic E-state index is -0.772. The van der Waals surface area contributed by atoms with E-state index in [4.69, 9.17) is 15.6 Å². The molecule has 1 atom stereocenters. The van der Waals surface area contributed by atoms with E-state index in [2.05, 4.69) is 0 Å². The number of likely N-dealkylation sites (N-methyl/N-ethyl adjacent to an activating group) is 1. The van der Waals surface area contributed by atoms with E-state index in [1.54, 1.807) is 18.9 Å². The van der Waals surface area contributed by atoms with E-state index < -0.39 is 11.6 Å². The molecule has 1 aliphatic heterocycles. The maximum Gasteiger partial charge on any atom is 0.242 e. The molecule has 1 amide bonds. The summed E-state index contributed by atoms with van der Waals surface area (Å²) in [6.45, 7) is 3.35. The van der Waals surface area contributed by atoms with Crippen LogP contribution >= 0.6 is 0 Å². The van der Waals surface area contributed by atoms with Crippen LogP contribution < -0.4 is 5.73 Å². The molecule has 0 radical (unpaired) electrons. The molecule has 1 fully saturated rings. The molecule has 0 spiro atoms. The number of nitrogens with two attached hydrogens (primary N) is 1. The van der Waals surface area contributed by atoms with E-state index in [0.29, 0.717) is 39.0 Å².